The van der Waals surface area contributed by atoms with Crippen LogP contribution >= 0.6 is 11.6 Å². The average molecular weight is 256 g/mol. The average Bonchev–Trinajstić information content (AvgIpc) is 2.77. The Morgan fingerprint density at radius 3 is 2.94 bits per heavy atom. The van der Waals surface area contributed by atoms with Crippen molar-refractivity contribution in [2.45, 2.75) is 26.3 Å². The van der Waals surface area contributed by atoms with E-state index in [1.807, 2.05) is 18.7 Å². The molecule has 1 fully saturated rings. The van der Waals surface area contributed by atoms with Crippen LogP contribution in [0.15, 0.2) is 17.2 Å². The molecule has 17 heavy (non-hydrogen) atoms. The predicted octanol–water partition coefficient (Wildman–Crippen LogP) is 1.89. The molecule has 1 aliphatic rings. The molecule has 0 radical (unpaired) electrons. The Balaban J connectivity index is 2.28. The Bertz CT molecular complexity index is 444. The fourth-order valence-electron chi connectivity index (χ4n) is 2.19. The van der Waals surface area contributed by atoms with Crippen LogP contribution in [0.1, 0.15) is 26.3 Å². The highest BCUT2D eigenvalue weighted by Gasteiger charge is 2.25. The Kier molecular flexibility index (Phi) is 3.72. The van der Waals surface area contributed by atoms with E-state index in [4.69, 9.17) is 11.6 Å². The zero-order valence-corrected chi connectivity index (χ0v) is 11.0. The van der Waals surface area contributed by atoms with Gasteiger partial charge in [-0.2, -0.15) is 0 Å². The third kappa shape index (κ3) is 2.46. The third-order valence-corrected chi connectivity index (χ3v) is 3.65. The normalized spacial score (nSPS) is 20.2. The number of rotatable bonds is 3. The van der Waals surface area contributed by atoms with Gasteiger partial charge in [0.2, 0.25) is 0 Å². The van der Waals surface area contributed by atoms with Gasteiger partial charge in [0, 0.05) is 37.4 Å². The van der Waals surface area contributed by atoms with E-state index in [1.54, 1.807) is 17.0 Å². The minimum absolute atomic E-state index is 0.00211. The van der Waals surface area contributed by atoms with E-state index in [0.717, 1.165) is 19.5 Å². The van der Waals surface area contributed by atoms with Crippen molar-refractivity contribution in [3.63, 3.8) is 0 Å². The summed E-state index contributed by atoms with van der Waals surface area (Å²) in [7, 11) is 0. The van der Waals surface area contributed by atoms with Gasteiger partial charge in [-0.15, -0.1) is 11.6 Å². The summed E-state index contributed by atoms with van der Waals surface area (Å²) in [6.45, 7) is 5.71. The van der Waals surface area contributed by atoms with Gasteiger partial charge >= 0.3 is 0 Å². The molecule has 0 saturated carbocycles. The van der Waals surface area contributed by atoms with Gasteiger partial charge in [0.05, 0.1) is 0 Å². The Morgan fingerprint density at radius 1 is 1.59 bits per heavy atom. The summed E-state index contributed by atoms with van der Waals surface area (Å²) < 4.78 is 1.72. The van der Waals surface area contributed by atoms with Crippen LogP contribution in [-0.2, 0) is 0 Å². The molecule has 0 bridgehead atoms. The Hall–Kier alpha value is -1.03. The molecule has 4 nitrogen and oxygen atoms in total. The SMILES string of the molecule is CC(C)n1ccnc(N2CCC(CCl)C2)c1=O. The molecule has 1 unspecified atom stereocenters. The Labute approximate surface area is 106 Å². The van der Waals surface area contributed by atoms with Crippen LogP contribution in [0.2, 0.25) is 0 Å². The minimum Gasteiger partial charge on any atom is -0.352 e. The smallest absolute Gasteiger partial charge is 0.293 e. The molecular weight excluding hydrogens is 238 g/mol. The number of hydrogen-bond donors (Lipinski definition) is 0. The van der Waals surface area contributed by atoms with Crippen molar-refractivity contribution in [2.75, 3.05) is 23.9 Å². The van der Waals surface area contributed by atoms with Crippen LogP contribution in [-0.4, -0.2) is 28.5 Å². The first-order valence-corrected chi connectivity index (χ1v) is 6.55. The molecule has 0 amide bonds. The van der Waals surface area contributed by atoms with Gasteiger partial charge in [0.1, 0.15) is 0 Å². The monoisotopic (exact) mass is 255 g/mol. The second kappa shape index (κ2) is 5.08. The maximum Gasteiger partial charge on any atom is 0.293 e. The first-order valence-electron chi connectivity index (χ1n) is 6.01. The van der Waals surface area contributed by atoms with E-state index in [9.17, 15) is 4.79 Å². The van der Waals surface area contributed by atoms with E-state index in [0.29, 0.717) is 17.6 Å². The van der Waals surface area contributed by atoms with Crippen molar-refractivity contribution in [3.8, 4) is 0 Å². The standard InChI is InChI=1S/C12H18ClN3O/c1-9(2)16-6-4-14-11(12(16)17)15-5-3-10(7-13)8-15/h4,6,9-10H,3,5,7-8H2,1-2H3. The van der Waals surface area contributed by atoms with Gasteiger partial charge in [-0.3, -0.25) is 4.79 Å². The Morgan fingerprint density at radius 2 is 2.35 bits per heavy atom. The van der Waals surface area contributed by atoms with Crippen molar-refractivity contribution in [1.29, 1.82) is 0 Å². The lowest BCUT2D eigenvalue weighted by atomic mass is 10.2. The van der Waals surface area contributed by atoms with Gasteiger partial charge in [0.25, 0.3) is 5.56 Å². The highest BCUT2D eigenvalue weighted by atomic mass is 35.5. The summed E-state index contributed by atoms with van der Waals surface area (Å²) >= 11 is 5.85. The number of nitrogens with zero attached hydrogens (tertiary/aromatic N) is 3. The van der Waals surface area contributed by atoms with Gasteiger partial charge in [0.15, 0.2) is 5.82 Å². The second-order valence-electron chi connectivity index (χ2n) is 4.81. The number of anilines is 1. The second-order valence-corrected chi connectivity index (χ2v) is 5.12. The van der Waals surface area contributed by atoms with E-state index >= 15 is 0 Å². The molecule has 1 saturated heterocycles. The molecule has 0 N–H and O–H groups in total. The van der Waals surface area contributed by atoms with Crippen LogP contribution in [0, 0.1) is 5.92 Å². The summed E-state index contributed by atoms with van der Waals surface area (Å²) in [6, 6.07) is 0.163. The molecule has 94 valence electrons. The maximum atomic E-state index is 12.2. The summed E-state index contributed by atoms with van der Waals surface area (Å²) in [5, 5.41) is 0. The molecular formula is C12H18ClN3O. The molecule has 5 heteroatoms. The van der Waals surface area contributed by atoms with E-state index in [1.165, 1.54) is 0 Å². The number of alkyl halides is 1. The first-order chi connectivity index (χ1) is 8.13. The maximum absolute atomic E-state index is 12.2. The van der Waals surface area contributed by atoms with E-state index in [-0.39, 0.29) is 11.6 Å². The van der Waals surface area contributed by atoms with Crippen molar-refractivity contribution < 1.29 is 0 Å². The number of aromatic nitrogens is 2. The zero-order valence-electron chi connectivity index (χ0n) is 10.3. The van der Waals surface area contributed by atoms with E-state index in [2.05, 4.69) is 4.98 Å². The molecule has 2 rings (SSSR count). The molecule has 1 atom stereocenters. The molecule has 1 aliphatic heterocycles. The van der Waals surface area contributed by atoms with Crippen LogP contribution in [0.5, 0.6) is 0 Å². The molecule has 1 aromatic rings. The lowest BCUT2D eigenvalue weighted by Gasteiger charge is -2.18. The number of hydrogen-bond acceptors (Lipinski definition) is 3. The van der Waals surface area contributed by atoms with Crippen molar-refractivity contribution >= 4 is 17.4 Å². The fraction of sp³-hybridized carbons (Fsp3) is 0.667. The quantitative estimate of drug-likeness (QED) is 0.775. The van der Waals surface area contributed by atoms with Crippen LogP contribution in [0.3, 0.4) is 0 Å². The lowest BCUT2D eigenvalue weighted by Crippen LogP contribution is -2.32. The summed E-state index contributed by atoms with van der Waals surface area (Å²) in [4.78, 5) is 18.5. The van der Waals surface area contributed by atoms with Gasteiger partial charge in [-0.25, -0.2) is 4.98 Å². The molecule has 0 aromatic carbocycles. The van der Waals surface area contributed by atoms with Gasteiger partial charge in [-0.05, 0) is 26.2 Å². The van der Waals surface area contributed by atoms with Crippen LogP contribution in [0.4, 0.5) is 5.82 Å². The van der Waals surface area contributed by atoms with E-state index < -0.39 is 0 Å². The summed E-state index contributed by atoms with van der Waals surface area (Å²) in [5.41, 5.74) is -0.00211. The summed E-state index contributed by atoms with van der Waals surface area (Å²) in [6.07, 6.45) is 4.48. The van der Waals surface area contributed by atoms with Gasteiger partial charge < -0.3 is 9.47 Å². The fourth-order valence-corrected chi connectivity index (χ4v) is 2.44. The first kappa shape index (κ1) is 12.4. The third-order valence-electron chi connectivity index (χ3n) is 3.21. The highest BCUT2D eigenvalue weighted by molar-refractivity contribution is 6.18. The van der Waals surface area contributed by atoms with Crippen LogP contribution in [0.25, 0.3) is 0 Å². The van der Waals surface area contributed by atoms with Crippen molar-refractivity contribution in [2.24, 2.45) is 5.92 Å². The number of halogens is 1. The zero-order chi connectivity index (χ0) is 12.4. The highest BCUT2D eigenvalue weighted by Crippen LogP contribution is 2.20. The topological polar surface area (TPSA) is 38.1 Å². The minimum atomic E-state index is -0.00211. The molecule has 0 spiro atoms. The molecule has 1 aromatic heterocycles. The summed E-state index contributed by atoms with van der Waals surface area (Å²) in [5.74, 6) is 1.70. The largest absolute Gasteiger partial charge is 0.352 e. The van der Waals surface area contributed by atoms with Crippen LogP contribution < -0.4 is 10.5 Å². The predicted molar refractivity (Wildman–Crippen MR) is 69.9 cm³/mol. The lowest BCUT2D eigenvalue weighted by molar-refractivity contribution is 0.572. The van der Waals surface area contributed by atoms with Gasteiger partial charge in [-0.1, -0.05) is 0 Å². The molecule has 2 heterocycles. The van der Waals surface area contributed by atoms with Crippen molar-refractivity contribution in [3.05, 3.63) is 22.7 Å². The van der Waals surface area contributed by atoms with Crippen molar-refractivity contribution in [1.82, 2.24) is 9.55 Å². The molecule has 0 aliphatic carbocycles.